The van der Waals surface area contributed by atoms with E-state index >= 15 is 0 Å². The SMILES string of the molecule is NCCCn1nc2c(c1C(=O)O)CCc1cnc(Cl)cc1-2. The van der Waals surface area contributed by atoms with Gasteiger partial charge in [0.2, 0.25) is 0 Å². The molecule has 0 bridgehead atoms. The molecule has 0 saturated carbocycles. The van der Waals surface area contributed by atoms with E-state index in [0.717, 1.165) is 23.1 Å². The number of fused-ring (bicyclic) bond motifs is 3. The average Bonchev–Trinajstić information content (AvgIpc) is 2.83. The van der Waals surface area contributed by atoms with Crippen molar-refractivity contribution < 1.29 is 9.90 Å². The molecule has 0 spiro atoms. The number of aromatic nitrogens is 3. The molecule has 1 aliphatic carbocycles. The Labute approximate surface area is 126 Å². The Morgan fingerprint density at radius 3 is 3.00 bits per heavy atom. The molecule has 0 atom stereocenters. The van der Waals surface area contributed by atoms with Crippen molar-refractivity contribution in [1.29, 1.82) is 0 Å². The van der Waals surface area contributed by atoms with Crippen LogP contribution in [0.3, 0.4) is 0 Å². The molecule has 0 unspecified atom stereocenters. The molecule has 2 heterocycles. The summed E-state index contributed by atoms with van der Waals surface area (Å²) >= 11 is 5.96. The Morgan fingerprint density at radius 2 is 2.29 bits per heavy atom. The number of nitrogens with two attached hydrogens (primary N) is 1. The maximum atomic E-state index is 11.6. The van der Waals surface area contributed by atoms with Crippen molar-refractivity contribution in [1.82, 2.24) is 14.8 Å². The zero-order valence-electron chi connectivity index (χ0n) is 11.3. The van der Waals surface area contributed by atoms with Crippen molar-refractivity contribution in [2.45, 2.75) is 25.8 Å². The fourth-order valence-electron chi connectivity index (χ4n) is 2.73. The van der Waals surface area contributed by atoms with Crippen LogP contribution < -0.4 is 5.73 Å². The third-order valence-corrected chi connectivity index (χ3v) is 3.89. The van der Waals surface area contributed by atoms with Gasteiger partial charge in [0.25, 0.3) is 0 Å². The van der Waals surface area contributed by atoms with Gasteiger partial charge in [-0.3, -0.25) is 4.68 Å². The summed E-state index contributed by atoms with van der Waals surface area (Å²) < 4.78 is 1.54. The molecule has 1 aliphatic rings. The molecule has 0 aromatic carbocycles. The fraction of sp³-hybridized carbons (Fsp3) is 0.357. The lowest BCUT2D eigenvalue weighted by Gasteiger charge is -2.14. The van der Waals surface area contributed by atoms with E-state index in [1.54, 1.807) is 16.9 Å². The minimum Gasteiger partial charge on any atom is -0.477 e. The van der Waals surface area contributed by atoms with Crippen LogP contribution in [0, 0.1) is 0 Å². The van der Waals surface area contributed by atoms with Crippen LogP contribution in [0.5, 0.6) is 0 Å². The number of rotatable bonds is 4. The van der Waals surface area contributed by atoms with Gasteiger partial charge in [0.1, 0.15) is 10.8 Å². The molecule has 7 heteroatoms. The molecule has 0 amide bonds. The van der Waals surface area contributed by atoms with Gasteiger partial charge in [-0.15, -0.1) is 0 Å². The Hall–Kier alpha value is -1.92. The molecule has 0 aliphatic heterocycles. The largest absolute Gasteiger partial charge is 0.477 e. The molecule has 110 valence electrons. The standard InChI is InChI=1S/C14H15ClN4O2/c15-11-6-10-8(7-17-11)2-3-9-12(10)18-19(5-1-4-16)13(9)14(20)21/h6-7H,1-5,16H2,(H,20,21). The zero-order valence-corrected chi connectivity index (χ0v) is 12.1. The van der Waals surface area contributed by atoms with Crippen molar-refractivity contribution >= 4 is 17.6 Å². The second-order valence-electron chi connectivity index (χ2n) is 5.01. The van der Waals surface area contributed by atoms with Crippen LogP contribution in [0.4, 0.5) is 0 Å². The number of hydrogen-bond acceptors (Lipinski definition) is 4. The third-order valence-electron chi connectivity index (χ3n) is 3.68. The highest BCUT2D eigenvalue weighted by molar-refractivity contribution is 6.29. The second-order valence-corrected chi connectivity index (χ2v) is 5.40. The van der Waals surface area contributed by atoms with E-state index in [1.165, 1.54) is 0 Å². The number of halogens is 1. The summed E-state index contributed by atoms with van der Waals surface area (Å²) in [6, 6.07) is 1.75. The first-order chi connectivity index (χ1) is 10.1. The van der Waals surface area contributed by atoms with Gasteiger partial charge in [-0.2, -0.15) is 5.10 Å². The maximum Gasteiger partial charge on any atom is 0.354 e. The van der Waals surface area contributed by atoms with Crippen LogP contribution in [0.15, 0.2) is 12.3 Å². The predicted molar refractivity (Wildman–Crippen MR) is 78.5 cm³/mol. The van der Waals surface area contributed by atoms with Crippen molar-refractivity contribution in [2.75, 3.05) is 6.54 Å². The van der Waals surface area contributed by atoms with Crippen molar-refractivity contribution in [2.24, 2.45) is 5.73 Å². The van der Waals surface area contributed by atoms with Gasteiger partial charge in [-0.25, -0.2) is 9.78 Å². The molecular weight excluding hydrogens is 292 g/mol. The second kappa shape index (κ2) is 5.46. The van der Waals surface area contributed by atoms with E-state index in [1.807, 2.05) is 0 Å². The van der Waals surface area contributed by atoms with Gasteiger partial charge < -0.3 is 10.8 Å². The minimum atomic E-state index is -0.954. The van der Waals surface area contributed by atoms with Crippen molar-refractivity contribution in [3.8, 4) is 11.3 Å². The Bertz CT molecular complexity index is 711. The molecular formula is C14H15ClN4O2. The average molecular weight is 307 g/mol. The van der Waals surface area contributed by atoms with E-state index in [4.69, 9.17) is 17.3 Å². The monoisotopic (exact) mass is 306 g/mol. The number of hydrogen-bond donors (Lipinski definition) is 2. The normalized spacial score (nSPS) is 12.9. The molecule has 2 aromatic heterocycles. The first kappa shape index (κ1) is 14.0. The highest BCUT2D eigenvalue weighted by Crippen LogP contribution is 2.35. The lowest BCUT2D eigenvalue weighted by molar-refractivity contribution is 0.0681. The number of aromatic carboxylic acids is 1. The van der Waals surface area contributed by atoms with Crippen LogP contribution >= 0.6 is 11.6 Å². The van der Waals surface area contributed by atoms with Crippen molar-refractivity contribution in [3.05, 3.63) is 34.2 Å². The number of pyridine rings is 1. The summed E-state index contributed by atoms with van der Waals surface area (Å²) in [6.07, 6.45) is 3.82. The van der Waals surface area contributed by atoms with Crippen molar-refractivity contribution in [3.63, 3.8) is 0 Å². The van der Waals surface area contributed by atoms with E-state index in [0.29, 0.717) is 36.8 Å². The summed E-state index contributed by atoms with van der Waals surface area (Å²) in [4.78, 5) is 15.6. The molecule has 21 heavy (non-hydrogen) atoms. The highest BCUT2D eigenvalue weighted by atomic mass is 35.5. The molecule has 0 radical (unpaired) electrons. The number of carboxylic acid groups (broad SMARTS) is 1. The number of nitrogens with zero attached hydrogens (tertiary/aromatic N) is 3. The van der Waals surface area contributed by atoms with Crippen LogP contribution in [-0.2, 0) is 19.4 Å². The Balaban J connectivity index is 2.16. The first-order valence-electron chi connectivity index (χ1n) is 6.79. The van der Waals surface area contributed by atoms with Crippen LogP contribution in [0.25, 0.3) is 11.3 Å². The van der Waals surface area contributed by atoms with Crippen LogP contribution in [0.1, 0.15) is 28.0 Å². The Kier molecular flexibility index (Phi) is 3.65. The first-order valence-corrected chi connectivity index (χ1v) is 7.17. The molecule has 6 nitrogen and oxygen atoms in total. The lowest BCUT2D eigenvalue weighted by atomic mass is 9.90. The summed E-state index contributed by atoms with van der Waals surface area (Å²) in [5.41, 5.74) is 9.17. The number of aryl methyl sites for hydroxylation is 2. The molecule has 0 saturated heterocycles. The molecule has 2 aromatic rings. The van der Waals surface area contributed by atoms with Gasteiger partial charge in [-0.1, -0.05) is 11.6 Å². The smallest absolute Gasteiger partial charge is 0.354 e. The minimum absolute atomic E-state index is 0.261. The molecule has 3 rings (SSSR count). The summed E-state index contributed by atoms with van der Waals surface area (Å²) in [6.45, 7) is 0.995. The van der Waals surface area contributed by atoms with Crippen LogP contribution in [0.2, 0.25) is 5.15 Å². The Morgan fingerprint density at radius 1 is 1.48 bits per heavy atom. The zero-order chi connectivity index (χ0) is 15.0. The number of carboxylic acids is 1. The highest BCUT2D eigenvalue weighted by Gasteiger charge is 2.28. The van der Waals surface area contributed by atoms with Gasteiger partial charge >= 0.3 is 5.97 Å². The quantitative estimate of drug-likeness (QED) is 0.839. The molecule has 3 N–H and O–H groups in total. The van der Waals surface area contributed by atoms with E-state index < -0.39 is 5.97 Å². The fourth-order valence-corrected chi connectivity index (χ4v) is 2.89. The van der Waals surface area contributed by atoms with E-state index in [-0.39, 0.29) is 5.69 Å². The third kappa shape index (κ3) is 2.41. The maximum absolute atomic E-state index is 11.6. The summed E-state index contributed by atoms with van der Waals surface area (Å²) in [7, 11) is 0. The summed E-state index contributed by atoms with van der Waals surface area (Å²) in [5, 5.41) is 14.4. The van der Waals surface area contributed by atoms with Gasteiger partial charge in [0.15, 0.2) is 0 Å². The predicted octanol–water partition coefficient (Wildman–Crippen LogP) is 1.74. The van der Waals surface area contributed by atoms with Gasteiger partial charge in [0, 0.05) is 23.9 Å². The number of carbonyl (C=O) groups is 1. The van der Waals surface area contributed by atoms with Gasteiger partial charge in [0.05, 0.1) is 5.69 Å². The van der Waals surface area contributed by atoms with E-state index in [2.05, 4.69) is 10.1 Å². The topological polar surface area (TPSA) is 94.0 Å². The van der Waals surface area contributed by atoms with E-state index in [9.17, 15) is 9.90 Å². The summed E-state index contributed by atoms with van der Waals surface area (Å²) in [5.74, 6) is -0.954. The van der Waals surface area contributed by atoms with Crippen LogP contribution in [-0.4, -0.2) is 32.4 Å². The molecule has 0 fully saturated rings. The lowest BCUT2D eigenvalue weighted by Crippen LogP contribution is -2.14. The van der Waals surface area contributed by atoms with Gasteiger partial charge in [-0.05, 0) is 37.4 Å².